The van der Waals surface area contributed by atoms with E-state index in [0.29, 0.717) is 22.8 Å². The van der Waals surface area contributed by atoms with Gasteiger partial charge in [-0.3, -0.25) is 0 Å². The van der Waals surface area contributed by atoms with Crippen molar-refractivity contribution in [2.24, 2.45) is 0 Å². The second kappa shape index (κ2) is 8.79. The molecule has 8 heteroatoms. The van der Waals surface area contributed by atoms with Crippen LogP contribution in [0.2, 0.25) is 0 Å². The first-order chi connectivity index (χ1) is 12.9. The Morgan fingerprint density at radius 2 is 1.26 bits per heavy atom. The van der Waals surface area contributed by atoms with Crippen molar-refractivity contribution < 1.29 is 31.4 Å². The second-order valence-corrected chi connectivity index (χ2v) is 9.17. The molecular weight excluding hydrogens is 419 g/mol. The van der Waals surface area contributed by atoms with E-state index in [-0.39, 0.29) is 16.0 Å². The molecule has 0 aliphatic heterocycles. The summed E-state index contributed by atoms with van der Waals surface area (Å²) in [5.74, 6) is 1.96. The number of hydrogen-bond donors (Lipinski definition) is 0. The Labute approximate surface area is 160 Å². The number of ether oxygens (including phenoxy) is 5. The summed E-state index contributed by atoms with van der Waals surface area (Å²) in [5.41, 5.74) is 0.661. The van der Waals surface area contributed by atoms with Crippen molar-refractivity contribution in [2.45, 2.75) is 0 Å². The molecule has 0 aliphatic carbocycles. The van der Waals surface area contributed by atoms with Crippen molar-refractivity contribution >= 4 is 23.2 Å². The van der Waals surface area contributed by atoms with Crippen LogP contribution in [0.3, 0.4) is 0 Å². The van der Waals surface area contributed by atoms with Crippen LogP contribution in [0.15, 0.2) is 35.3 Å². The molecule has 0 aliphatic rings. The summed E-state index contributed by atoms with van der Waals surface area (Å²) in [4.78, 5) is 1.18. The quantitative estimate of drug-likeness (QED) is 0.583. The van der Waals surface area contributed by atoms with Gasteiger partial charge in [0, 0.05) is 0 Å². The molecule has 0 saturated heterocycles. The molecule has 0 atom stereocenters. The zero-order valence-corrected chi connectivity index (χ0v) is 17.5. The predicted molar refractivity (Wildman–Crippen MR) is 101 cm³/mol. The van der Waals surface area contributed by atoms with E-state index in [1.54, 1.807) is 18.2 Å². The van der Waals surface area contributed by atoms with Crippen LogP contribution in [0.25, 0.3) is 6.08 Å². The van der Waals surface area contributed by atoms with Gasteiger partial charge in [0.15, 0.2) is 0 Å². The van der Waals surface area contributed by atoms with E-state index in [0.717, 1.165) is 0 Å². The van der Waals surface area contributed by atoms with Gasteiger partial charge in [-0.05, 0) is 0 Å². The van der Waals surface area contributed by atoms with Crippen LogP contribution in [0.1, 0.15) is 5.56 Å². The van der Waals surface area contributed by atoms with Crippen LogP contribution in [-0.2, 0) is 7.67 Å². The van der Waals surface area contributed by atoms with Gasteiger partial charge in [0.1, 0.15) is 0 Å². The molecule has 0 spiro atoms. The Balaban J connectivity index is 2.43. The first kappa shape index (κ1) is 20.6. The minimum absolute atomic E-state index is 0.0949. The summed E-state index contributed by atoms with van der Waals surface area (Å²) in [6.45, 7) is 0. The van der Waals surface area contributed by atoms with Gasteiger partial charge < -0.3 is 0 Å². The maximum absolute atomic E-state index is 12.8. The fourth-order valence-corrected chi connectivity index (χ4v) is 4.60. The Morgan fingerprint density at radius 3 is 1.74 bits per heavy atom. The topological polar surface area (TPSA) is 80.3 Å². The molecule has 27 heavy (non-hydrogen) atoms. The minimum atomic E-state index is -4.62. The molecule has 2 rings (SSSR count). The molecule has 0 unspecified atom stereocenters. The number of benzene rings is 2. The first-order valence-electron chi connectivity index (χ1n) is 7.85. The van der Waals surface area contributed by atoms with Crippen molar-refractivity contribution in [2.75, 3.05) is 35.5 Å². The van der Waals surface area contributed by atoms with Crippen molar-refractivity contribution in [3.05, 3.63) is 40.9 Å². The van der Waals surface area contributed by atoms with E-state index in [1.165, 1.54) is 58.7 Å². The van der Waals surface area contributed by atoms with Gasteiger partial charge in [-0.2, -0.15) is 0 Å². The van der Waals surface area contributed by atoms with Gasteiger partial charge in [0.2, 0.25) is 0 Å². The molecule has 0 saturated carbocycles. The number of hydrogen-bond acceptors (Lipinski definition) is 7. The third-order valence-corrected chi connectivity index (χ3v) is 6.72. The average molecular weight is 441 g/mol. The van der Waals surface area contributed by atoms with Crippen LogP contribution in [0, 0.1) is 0 Å². The maximum atomic E-state index is 12.8. The number of rotatable bonds is 8. The van der Waals surface area contributed by atoms with E-state index in [1.807, 2.05) is 0 Å². The Hall–Kier alpha value is -2.70. The standard InChI is InChI=1S/C19H22O7Se/c1-22-15-7-6-13(10-16(15)23-2)8-9-27(20,21)14-11-17(24-3)19(26-5)18(12-14)25-4/h6-12H,1-5H3/b9-8+. The van der Waals surface area contributed by atoms with Gasteiger partial charge in [0.05, 0.1) is 0 Å². The molecule has 0 N–H and O–H groups in total. The predicted octanol–water partition coefficient (Wildman–Crippen LogP) is 2.49. The molecule has 0 radical (unpaired) electrons. The summed E-state index contributed by atoms with van der Waals surface area (Å²) in [6.07, 6.45) is 1.51. The van der Waals surface area contributed by atoms with Crippen LogP contribution in [-0.4, -0.2) is 48.3 Å². The van der Waals surface area contributed by atoms with Gasteiger partial charge in [-0.1, -0.05) is 0 Å². The normalized spacial score (nSPS) is 11.3. The van der Waals surface area contributed by atoms with Crippen molar-refractivity contribution in [1.29, 1.82) is 0 Å². The molecule has 146 valence electrons. The van der Waals surface area contributed by atoms with Crippen LogP contribution < -0.4 is 28.1 Å². The van der Waals surface area contributed by atoms with E-state index in [4.69, 9.17) is 23.7 Å². The summed E-state index contributed by atoms with van der Waals surface area (Å²) in [6, 6.07) is 7.97. The fourth-order valence-electron chi connectivity index (χ4n) is 2.42. The Bertz CT molecular complexity index is 908. The third kappa shape index (κ3) is 4.53. The summed E-state index contributed by atoms with van der Waals surface area (Å²) >= 11 is -4.62. The van der Waals surface area contributed by atoms with E-state index >= 15 is 0 Å². The van der Waals surface area contributed by atoms with E-state index < -0.39 is 12.7 Å². The molecule has 0 fully saturated rings. The number of methoxy groups -OCH3 is 5. The fraction of sp³-hybridized carbons (Fsp3) is 0.263. The first-order valence-corrected chi connectivity index (χ1v) is 11.1. The monoisotopic (exact) mass is 442 g/mol. The molecule has 0 aromatic heterocycles. The van der Waals surface area contributed by atoms with Gasteiger partial charge in [-0.25, -0.2) is 0 Å². The van der Waals surface area contributed by atoms with Crippen molar-refractivity contribution in [3.8, 4) is 28.7 Å². The molecule has 0 heterocycles. The van der Waals surface area contributed by atoms with Crippen molar-refractivity contribution in [3.63, 3.8) is 0 Å². The Morgan fingerprint density at radius 1 is 0.704 bits per heavy atom. The molecule has 0 bridgehead atoms. The molecule has 0 amide bonds. The summed E-state index contributed by atoms with van der Waals surface area (Å²) in [7, 11) is 7.37. The van der Waals surface area contributed by atoms with E-state index in [9.17, 15) is 7.67 Å². The zero-order valence-electron chi connectivity index (χ0n) is 15.8. The third-order valence-electron chi connectivity index (χ3n) is 3.81. The van der Waals surface area contributed by atoms with Crippen LogP contribution in [0.5, 0.6) is 28.7 Å². The molecule has 7 nitrogen and oxygen atoms in total. The summed E-state index contributed by atoms with van der Waals surface area (Å²) in [5, 5.41) is 0. The second-order valence-electron chi connectivity index (χ2n) is 5.32. The molecular formula is C19H22O7Se. The van der Waals surface area contributed by atoms with Gasteiger partial charge in [0.25, 0.3) is 0 Å². The SMILES string of the molecule is COc1ccc(/C=C/[Se](=O)(=O)c2cc(OC)c(OC)c(OC)c2)cc1OC. The van der Waals surface area contributed by atoms with Gasteiger partial charge >= 0.3 is 160 Å². The Kier molecular flexibility index (Phi) is 6.71. The molecule has 2 aromatic rings. The van der Waals surface area contributed by atoms with Gasteiger partial charge in [-0.15, -0.1) is 0 Å². The van der Waals surface area contributed by atoms with E-state index in [2.05, 4.69) is 0 Å². The summed E-state index contributed by atoms with van der Waals surface area (Å²) < 4.78 is 51.8. The van der Waals surface area contributed by atoms with Crippen molar-refractivity contribution in [1.82, 2.24) is 0 Å². The van der Waals surface area contributed by atoms with Crippen LogP contribution in [0.4, 0.5) is 0 Å². The van der Waals surface area contributed by atoms with Crippen LogP contribution >= 0.6 is 0 Å². The zero-order chi connectivity index (χ0) is 20.0. The average Bonchev–Trinajstić information content (AvgIpc) is 2.70. The molecule has 2 aromatic carbocycles.